The number of aromatic nitrogens is 2. The Morgan fingerprint density at radius 2 is 2.08 bits per heavy atom. The van der Waals surface area contributed by atoms with Crippen LogP contribution in [-0.2, 0) is 24.3 Å². The minimum Gasteiger partial charge on any atom is -0.497 e. The number of thiophene rings is 1. The van der Waals surface area contributed by atoms with E-state index in [1.54, 1.807) is 18.4 Å². The van der Waals surface area contributed by atoms with Crippen molar-refractivity contribution in [2.45, 2.75) is 25.9 Å². The highest BCUT2D eigenvalue weighted by atomic mass is 32.1. The average molecular weight is 367 g/mol. The van der Waals surface area contributed by atoms with Crippen molar-refractivity contribution < 1.29 is 9.53 Å². The smallest absolute Gasteiger partial charge is 0.227 e. The Morgan fingerprint density at radius 3 is 2.81 bits per heavy atom. The Balaban J connectivity index is 1.52. The van der Waals surface area contributed by atoms with E-state index in [-0.39, 0.29) is 5.91 Å². The molecule has 26 heavy (non-hydrogen) atoms. The molecule has 0 spiro atoms. The van der Waals surface area contributed by atoms with Crippen molar-refractivity contribution in [1.29, 1.82) is 0 Å². The van der Waals surface area contributed by atoms with Crippen molar-refractivity contribution in [2.75, 3.05) is 13.7 Å². The van der Waals surface area contributed by atoms with Gasteiger partial charge in [-0.2, -0.15) is 16.4 Å². The molecule has 1 aliphatic heterocycles. The van der Waals surface area contributed by atoms with Gasteiger partial charge >= 0.3 is 0 Å². The molecule has 5 nitrogen and oxygen atoms in total. The van der Waals surface area contributed by atoms with Gasteiger partial charge < -0.3 is 9.64 Å². The monoisotopic (exact) mass is 367 g/mol. The number of carbonyl (C=O) groups is 1. The number of nitrogens with zero attached hydrogens (tertiary/aromatic N) is 3. The number of ether oxygens (including phenoxy) is 1. The van der Waals surface area contributed by atoms with Crippen molar-refractivity contribution in [3.63, 3.8) is 0 Å². The van der Waals surface area contributed by atoms with Gasteiger partial charge in [0, 0.05) is 18.7 Å². The molecule has 0 atom stereocenters. The molecule has 4 rings (SSSR count). The molecular weight excluding hydrogens is 346 g/mol. The van der Waals surface area contributed by atoms with E-state index in [9.17, 15) is 4.79 Å². The highest BCUT2D eigenvalue weighted by molar-refractivity contribution is 7.08. The number of aryl methyl sites for hydroxylation is 1. The van der Waals surface area contributed by atoms with Gasteiger partial charge in [-0.1, -0.05) is 0 Å². The summed E-state index contributed by atoms with van der Waals surface area (Å²) in [4.78, 5) is 14.6. The predicted molar refractivity (Wildman–Crippen MR) is 102 cm³/mol. The van der Waals surface area contributed by atoms with Crippen molar-refractivity contribution in [3.8, 4) is 17.0 Å². The van der Waals surface area contributed by atoms with Crippen LogP contribution >= 0.6 is 11.3 Å². The van der Waals surface area contributed by atoms with Gasteiger partial charge in [-0.15, -0.1) is 0 Å². The number of hydrogen-bond donors (Lipinski definition) is 0. The number of rotatable bonds is 4. The minimum absolute atomic E-state index is 0.184. The maximum absolute atomic E-state index is 12.7. The van der Waals surface area contributed by atoms with Crippen molar-refractivity contribution in [1.82, 2.24) is 14.7 Å². The first-order chi connectivity index (χ1) is 12.7. The molecule has 0 saturated carbocycles. The molecule has 1 amide bonds. The highest BCUT2D eigenvalue weighted by Crippen LogP contribution is 2.24. The van der Waals surface area contributed by atoms with Gasteiger partial charge in [0.15, 0.2) is 0 Å². The van der Waals surface area contributed by atoms with E-state index in [0.717, 1.165) is 47.8 Å². The standard InChI is InChI=1S/C20H21N3O2S/c1-25-18-5-3-16(4-6-18)19-12-17-13-22(8-2-9-23(17)21-19)20(24)11-15-7-10-26-14-15/h3-7,10,12,14H,2,8-9,11,13H2,1H3. The lowest BCUT2D eigenvalue weighted by Crippen LogP contribution is -2.31. The number of fused-ring (bicyclic) bond motifs is 1. The highest BCUT2D eigenvalue weighted by Gasteiger charge is 2.21. The first-order valence-corrected chi connectivity index (χ1v) is 9.67. The molecule has 0 saturated heterocycles. The number of methoxy groups -OCH3 is 1. The zero-order valence-electron chi connectivity index (χ0n) is 14.7. The minimum atomic E-state index is 0.184. The van der Waals surface area contributed by atoms with Crippen LogP contribution in [0.3, 0.4) is 0 Å². The summed E-state index contributed by atoms with van der Waals surface area (Å²) in [6.07, 6.45) is 1.40. The molecule has 0 fully saturated rings. The Hall–Kier alpha value is -2.60. The molecular formula is C20H21N3O2S. The summed E-state index contributed by atoms with van der Waals surface area (Å²) in [5.41, 5.74) is 4.18. The van der Waals surface area contributed by atoms with Gasteiger partial charge in [-0.05, 0) is 59.1 Å². The second-order valence-corrected chi connectivity index (χ2v) is 7.23. The maximum atomic E-state index is 12.7. The lowest BCUT2D eigenvalue weighted by atomic mass is 10.1. The summed E-state index contributed by atoms with van der Waals surface area (Å²) < 4.78 is 7.26. The molecule has 3 heterocycles. The molecule has 2 aromatic heterocycles. The Morgan fingerprint density at radius 1 is 1.23 bits per heavy atom. The molecule has 0 N–H and O–H groups in total. The summed E-state index contributed by atoms with van der Waals surface area (Å²) in [5, 5.41) is 8.80. The van der Waals surface area contributed by atoms with Gasteiger partial charge in [0.2, 0.25) is 5.91 Å². The fourth-order valence-corrected chi connectivity index (χ4v) is 3.93. The quantitative estimate of drug-likeness (QED) is 0.708. The van der Waals surface area contributed by atoms with Gasteiger partial charge in [0.1, 0.15) is 5.75 Å². The Kier molecular flexibility index (Phi) is 4.75. The van der Waals surface area contributed by atoms with E-state index in [4.69, 9.17) is 9.84 Å². The second-order valence-electron chi connectivity index (χ2n) is 6.45. The summed E-state index contributed by atoms with van der Waals surface area (Å²) in [7, 11) is 1.66. The topological polar surface area (TPSA) is 47.4 Å². The van der Waals surface area contributed by atoms with Crippen LogP contribution in [0, 0.1) is 0 Å². The zero-order valence-corrected chi connectivity index (χ0v) is 15.5. The molecule has 0 bridgehead atoms. The number of carbonyl (C=O) groups excluding carboxylic acids is 1. The van der Waals surface area contributed by atoms with Crippen LogP contribution in [0.1, 0.15) is 17.7 Å². The van der Waals surface area contributed by atoms with Crippen LogP contribution in [0.5, 0.6) is 5.75 Å². The fraction of sp³-hybridized carbons (Fsp3) is 0.300. The number of hydrogen-bond acceptors (Lipinski definition) is 4. The largest absolute Gasteiger partial charge is 0.497 e. The number of benzene rings is 1. The van der Waals surface area contributed by atoms with Crippen molar-refractivity contribution in [3.05, 3.63) is 58.4 Å². The van der Waals surface area contributed by atoms with E-state index in [0.29, 0.717) is 13.0 Å². The van der Waals surface area contributed by atoms with Gasteiger partial charge in [-0.3, -0.25) is 9.48 Å². The fourth-order valence-electron chi connectivity index (χ4n) is 3.26. The predicted octanol–water partition coefficient (Wildman–Crippen LogP) is 3.60. The zero-order chi connectivity index (χ0) is 17.9. The van der Waals surface area contributed by atoms with Gasteiger partial charge in [0.25, 0.3) is 0 Å². The van der Waals surface area contributed by atoms with Crippen LogP contribution in [0.15, 0.2) is 47.2 Å². The van der Waals surface area contributed by atoms with Crippen LogP contribution in [0.4, 0.5) is 0 Å². The van der Waals surface area contributed by atoms with Gasteiger partial charge in [0.05, 0.1) is 31.5 Å². The maximum Gasteiger partial charge on any atom is 0.227 e. The molecule has 0 aliphatic carbocycles. The van der Waals surface area contributed by atoms with Crippen LogP contribution in [-0.4, -0.2) is 34.2 Å². The van der Waals surface area contributed by atoms with E-state index >= 15 is 0 Å². The third-order valence-electron chi connectivity index (χ3n) is 4.69. The molecule has 1 aromatic carbocycles. The Labute approximate surface area is 156 Å². The van der Waals surface area contributed by atoms with E-state index in [1.807, 2.05) is 50.7 Å². The SMILES string of the molecule is COc1ccc(-c2cc3n(n2)CCCN(C(=O)Cc2ccsc2)C3)cc1. The summed E-state index contributed by atoms with van der Waals surface area (Å²) in [6, 6.07) is 12.0. The first kappa shape index (κ1) is 16.8. The third-order valence-corrected chi connectivity index (χ3v) is 5.42. The molecule has 134 valence electrons. The van der Waals surface area contributed by atoms with Crippen LogP contribution in [0.25, 0.3) is 11.3 Å². The first-order valence-electron chi connectivity index (χ1n) is 8.73. The van der Waals surface area contributed by atoms with E-state index < -0.39 is 0 Å². The van der Waals surface area contributed by atoms with E-state index in [1.165, 1.54) is 0 Å². The van der Waals surface area contributed by atoms with E-state index in [2.05, 4.69) is 6.07 Å². The van der Waals surface area contributed by atoms with Gasteiger partial charge in [-0.25, -0.2) is 0 Å². The molecule has 0 radical (unpaired) electrons. The third kappa shape index (κ3) is 3.51. The molecule has 1 aliphatic rings. The average Bonchev–Trinajstić information content (AvgIpc) is 3.27. The summed E-state index contributed by atoms with van der Waals surface area (Å²) in [6.45, 7) is 2.24. The molecule has 0 unspecified atom stereocenters. The Bertz CT molecular complexity index is 884. The summed E-state index contributed by atoms with van der Waals surface area (Å²) in [5.74, 6) is 1.02. The second kappa shape index (κ2) is 7.33. The molecule has 3 aromatic rings. The number of amides is 1. The van der Waals surface area contributed by atoms with Crippen molar-refractivity contribution in [2.24, 2.45) is 0 Å². The van der Waals surface area contributed by atoms with Crippen molar-refractivity contribution >= 4 is 17.2 Å². The lowest BCUT2D eigenvalue weighted by molar-refractivity contribution is -0.131. The van der Waals surface area contributed by atoms with Crippen LogP contribution < -0.4 is 4.74 Å². The normalized spacial score (nSPS) is 14.0. The van der Waals surface area contributed by atoms with Crippen LogP contribution in [0.2, 0.25) is 0 Å². The summed E-state index contributed by atoms with van der Waals surface area (Å²) >= 11 is 1.63. The molecule has 6 heteroatoms. The lowest BCUT2D eigenvalue weighted by Gasteiger charge is -2.19.